The van der Waals surface area contributed by atoms with Crippen LogP contribution in [-0.2, 0) is 11.4 Å². The average Bonchev–Trinajstić information content (AvgIpc) is 2.24. The van der Waals surface area contributed by atoms with E-state index in [2.05, 4.69) is 0 Å². The van der Waals surface area contributed by atoms with Gasteiger partial charge in [-0.2, -0.15) is 13.2 Å². The van der Waals surface area contributed by atoms with Crippen LogP contribution in [0.1, 0.15) is 32.4 Å². The standard InChI is InChI=1S/C12H15F4NOS/c1-11(2,3)19(18)17-10(12(14,15)16)8-6-4-5-7-9(8)13/h4-7,10,17H,1-3H3. The zero-order valence-electron chi connectivity index (χ0n) is 10.7. The van der Waals surface area contributed by atoms with Crippen LogP contribution in [0.5, 0.6) is 0 Å². The Kier molecular flexibility index (Phi) is 4.86. The maximum atomic E-state index is 13.5. The lowest BCUT2D eigenvalue weighted by Crippen LogP contribution is -2.45. The SMILES string of the molecule is CC(C)(C)[S+]([O-])NC(c1ccccc1F)C(F)(F)F. The molecule has 2 atom stereocenters. The zero-order chi connectivity index (χ0) is 14.8. The van der Waals surface area contributed by atoms with Gasteiger partial charge in [0.1, 0.15) is 10.6 Å². The monoisotopic (exact) mass is 297 g/mol. The molecule has 0 aliphatic carbocycles. The molecular formula is C12H15F4NOS. The molecule has 0 amide bonds. The van der Waals surface area contributed by atoms with Gasteiger partial charge in [-0.25, -0.2) is 4.39 Å². The number of hydrogen-bond acceptors (Lipinski definition) is 2. The summed E-state index contributed by atoms with van der Waals surface area (Å²) < 4.78 is 65.3. The second kappa shape index (κ2) is 5.68. The van der Waals surface area contributed by atoms with Crippen LogP contribution in [-0.4, -0.2) is 15.5 Å². The fraction of sp³-hybridized carbons (Fsp3) is 0.500. The van der Waals surface area contributed by atoms with E-state index >= 15 is 0 Å². The summed E-state index contributed by atoms with van der Waals surface area (Å²) in [7, 11) is 0. The summed E-state index contributed by atoms with van der Waals surface area (Å²) in [6.45, 7) is 4.60. The van der Waals surface area contributed by atoms with Gasteiger partial charge < -0.3 is 4.55 Å². The number of alkyl halides is 3. The highest BCUT2D eigenvalue weighted by Gasteiger charge is 2.46. The summed E-state index contributed by atoms with van der Waals surface area (Å²) in [6, 6.07) is 2.27. The highest BCUT2D eigenvalue weighted by atomic mass is 32.2. The van der Waals surface area contributed by atoms with E-state index in [9.17, 15) is 22.1 Å². The Balaban J connectivity index is 3.08. The molecule has 0 spiro atoms. The molecule has 1 aromatic carbocycles. The Bertz CT molecular complexity index is 430. The molecule has 108 valence electrons. The van der Waals surface area contributed by atoms with Crippen molar-refractivity contribution in [1.82, 2.24) is 4.72 Å². The fourth-order valence-corrected chi connectivity index (χ4v) is 2.13. The van der Waals surface area contributed by atoms with Crippen LogP contribution < -0.4 is 4.72 Å². The Labute approximate surface area is 112 Å². The minimum absolute atomic E-state index is 0.562. The summed E-state index contributed by atoms with van der Waals surface area (Å²) in [5.74, 6) is -0.983. The van der Waals surface area contributed by atoms with E-state index in [0.717, 1.165) is 12.1 Å². The lowest BCUT2D eigenvalue weighted by Gasteiger charge is -2.29. The summed E-state index contributed by atoms with van der Waals surface area (Å²) in [5.41, 5.74) is -0.562. The number of hydrogen-bond donors (Lipinski definition) is 1. The van der Waals surface area contributed by atoms with Crippen molar-refractivity contribution in [3.8, 4) is 0 Å². The molecule has 2 unspecified atom stereocenters. The van der Waals surface area contributed by atoms with Crippen LogP contribution in [0.3, 0.4) is 0 Å². The average molecular weight is 297 g/mol. The van der Waals surface area contributed by atoms with Crippen molar-refractivity contribution in [2.24, 2.45) is 0 Å². The van der Waals surface area contributed by atoms with Gasteiger partial charge in [-0.3, -0.25) is 0 Å². The van der Waals surface area contributed by atoms with E-state index in [1.807, 2.05) is 4.72 Å². The highest BCUT2D eigenvalue weighted by molar-refractivity contribution is 7.90. The predicted octanol–water partition coefficient (Wildman–Crippen LogP) is 3.48. The van der Waals surface area contributed by atoms with Crippen molar-refractivity contribution in [1.29, 1.82) is 0 Å². The van der Waals surface area contributed by atoms with Gasteiger partial charge in [0, 0.05) is 16.9 Å². The van der Waals surface area contributed by atoms with E-state index in [4.69, 9.17) is 0 Å². The van der Waals surface area contributed by atoms with Gasteiger partial charge >= 0.3 is 6.18 Å². The van der Waals surface area contributed by atoms with Gasteiger partial charge in [-0.05, 0) is 26.8 Å². The smallest absolute Gasteiger partial charge is 0.412 e. The van der Waals surface area contributed by atoms with Crippen LogP contribution in [0.25, 0.3) is 0 Å². The molecule has 0 heterocycles. The molecule has 0 saturated carbocycles. The first-order valence-corrected chi connectivity index (χ1v) is 6.67. The van der Waals surface area contributed by atoms with Gasteiger partial charge in [0.2, 0.25) is 0 Å². The van der Waals surface area contributed by atoms with Gasteiger partial charge in [0.25, 0.3) is 0 Å². The Morgan fingerprint density at radius 3 is 2.11 bits per heavy atom. The molecule has 1 N–H and O–H groups in total. The minimum atomic E-state index is -4.73. The van der Waals surface area contributed by atoms with Crippen molar-refractivity contribution >= 4 is 11.4 Å². The number of nitrogens with one attached hydrogen (secondary N) is 1. The van der Waals surface area contributed by atoms with Crippen LogP contribution >= 0.6 is 0 Å². The molecule has 0 aliphatic heterocycles. The molecule has 19 heavy (non-hydrogen) atoms. The third kappa shape index (κ3) is 4.36. The van der Waals surface area contributed by atoms with Crippen LogP contribution in [0.2, 0.25) is 0 Å². The second-order valence-corrected chi connectivity index (χ2v) is 6.99. The van der Waals surface area contributed by atoms with Crippen molar-refractivity contribution < 1.29 is 22.1 Å². The molecular weight excluding hydrogens is 282 g/mol. The zero-order valence-corrected chi connectivity index (χ0v) is 11.5. The topological polar surface area (TPSA) is 35.1 Å². The molecule has 0 bridgehead atoms. The van der Waals surface area contributed by atoms with Gasteiger partial charge in [-0.1, -0.05) is 18.2 Å². The van der Waals surface area contributed by atoms with Crippen molar-refractivity contribution in [2.75, 3.05) is 0 Å². The minimum Gasteiger partial charge on any atom is -0.598 e. The molecule has 0 aromatic heterocycles. The van der Waals surface area contributed by atoms with Crippen LogP contribution in [0, 0.1) is 5.82 Å². The first-order valence-electron chi connectivity index (χ1n) is 5.52. The van der Waals surface area contributed by atoms with E-state index in [1.165, 1.54) is 32.9 Å². The molecule has 0 saturated heterocycles. The van der Waals surface area contributed by atoms with Gasteiger partial charge in [0.15, 0.2) is 6.04 Å². The summed E-state index contributed by atoms with van der Waals surface area (Å²) >= 11 is -1.96. The molecule has 0 radical (unpaired) electrons. The largest absolute Gasteiger partial charge is 0.598 e. The highest BCUT2D eigenvalue weighted by Crippen LogP contribution is 2.35. The summed E-state index contributed by atoms with van der Waals surface area (Å²) in [4.78, 5) is 0. The third-order valence-corrected chi connectivity index (χ3v) is 3.89. The van der Waals surface area contributed by atoms with Crippen molar-refractivity contribution in [3.63, 3.8) is 0 Å². The maximum absolute atomic E-state index is 13.5. The second-order valence-electron chi connectivity index (χ2n) is 5.00. The Hall–Kier alpha value is -0.790. The van der Waals surface area contributed by atoms with Gasteiger partial charge in [0.05, 0.1) is 0 Å². The molecule has 2 nitrogen and oxygen atoms in total. The van der Waals surface area contributed by atoms with Gasteiger partial charge in [-0.15, -0.1) is 4.72 Å². The summed E-state index contributed by atoms with van der Waals surface area (Å²) in [6.07, 6.45) is -4.73. The predicted molar refractivity (Wildman–Crippen MR) is 66.2 cm³/mol. The van der Waals surface area contributed by atoms with Crippen molar-refractivity contribution in [2.45, 2.75) is 37.7 Å². The van der Waals surface area contributed by atoms with Crippen LogP contribution in [0.15, 0.2) is 24.3 Å². The lowest BCUT2D eigenvalue weighted by atomic mass is 10.1. The number of halogens is 4. The van der Waals surface area contributed by atoms with E-state index in [1.54, 1.807) is 0 Å². The number of benzene rings is 1. The van der Waals surface area contributed by atoms with Crippen LogP contribution in [0.4, 0.5) is 17.6 Å². The van der Waals surface area contributed by atoms with E-state index < -0.39 is 39.7 Å². The normalized spacial score (nSPS) is 16.2. The summed E-state index contributed by atoms with van der Waals surface area (Å²) in [5, 5.41) is 0. The Morgan fingerprint density at radius 1 is 1.16 bits per heavy atom. The molecule has 7 heteroatoms. The molecule has 0 aliphatic rings. The van der Waals surface area contributed by atoms with E-state index in [-0.39, 0.29) is 0 Å². The fourth-order valence-electron chi connectivity index (χ4n) is 1.30. The molecule has 0 fully saturated rings. The molecule has 1 aromatic rings. The van der Waals surface area contributed by atoms with Crippen molar-refractivity contribution in [3.05, 3.63) is 35.6 Å². The molecule has 1 rings (SSSR count). The Morgan fingerprint density at radius 2 is 1.68 bits per heavy atom. The number of rotatable bonds is 3. The lowest BCUT2D eigenvalue weighted by molar-refractivity contribution is -0.153. The quantitative estimate of drug-likeness (QED) is 0.685. The third-order valence-electron chi connectivity index (χ3n) is 2.32. The van der Waals surface area contributed by atoms with E-state index in [0.29, 0.717) is 0 Å². The first-order chi connectivity index (χ1) is 8.53. The maximum Gasteiger partial charge on any atom is 0.412 e. The first kappa shape index (κ1) is 16.3.